The molecule has 7 aromatic carbocycles. The molecule has 0 saturated heterocycles. The summed E-state index contributed by atoms with van der Waals surface area (Å²) in [6.07, 6.45) is 3.71. The molecule has 0 atom stereocenters. The monoisotopic (exact) mass is 740 g/mol. The van der Waals surface area contributed by atoms with Gasteiger partial charge in [0.1, 0.15) is 0 Å². The van der Waals surface area contributed by atoms with Crippen LogP contribution in [0.1, 0.15) is 0 Å². The van der Waals surface area contributed by atoms with Crippen LogP contribution in [0.25, 0.3) is 101 Å². The van der Waals surface area contributed by atoms with Gasteiger partial charge < -0.3 is 0 Å². The van der Waals surface area contributed by atoms with Crippen LogP contribution in [0.4, 0.5) is 0 Å². The molecule has 0 amide bonds. The van der Waals surface area contributed by atoms with Crippen molar-refractivity contribution in [2.45, 2.75) is 0 Å². The first-order chi connectivity index (χ1) is 28.7. The fourth-order valence-electron chi connectivity index (χ4n) is 7.57. The summed E-state index contributed by atoms with van der Waals surface area (Å²) in [6, 6.07) is 71.9. The summed E-state index contributed by atoms with van der Waals surface area (Å²) in [5.74, 6) is 0.665. The molecule has 3 heterocycles. The second-order valence-electron chi connectivity index (χ2n) is 14.3. The molecule has 0 unspecified atom stereocenters. The van der Waals surface area contributed by atoms with Crippen molar-refractivity contribution in [1.82, 2.24) is 19.9 Å². The molecule has 58 heavy (non-hydrogen) atoms. The summed E-state index contributed by atoms with van der Waals surface area (Å²) in [5.41, 5.74) is 16.5. The Morgan fingerprint density at radius 3 is 1.36 bits per heavy atom. The number of fused-ring (bicyclic) bond motifs is 1. The lowest BCUT2D eigenvalue weighted by Crippen LogP contribution is -1.97. The van der Waals surface area contributed by atoms with Gasteiger partial charge in [0.05, 0.1) is 22.6 Å². The molecular formula is C54H36N4. The van der Waals surface area contributed by atoms with Crippen LogP contribution in [0.15, 0.2) is 219 Å². The molecule has 3 aromatic heterocycles. The molecule has 0 radical (unpaired) electrons. The number of aromatic nitrogens is 4. The van der Waals surface area contributed by atoms with Gasteiger partial charge in [-0.3, -0.25) is 4.98 Å². The first-order valence-electron chi connectivity index (χ1n) is 19.4. The summed E-state index contributed by atoms with van der Waals surface area (Å²) in [6.45, 7) is 0. The van der Waals surface area contributed by atoms with Gasteiger partial charge in [-0.1, -0.05) is 158 Å². The largest absolute Gasteiger partial charge is 0.264 e. The third kappa shape index (κ3) is 7.07. The van der Waals surface area contributed by atoms with Gasteiger partial charge in [-0.05, 0) is 87.5 Å². The smallest absolute Gasteiger partial charge is 0.160 e. The average molecular weight is 741 g/mol. The molecule has 0 N–H and O–H groups in total. The highest BCUT2D eigenvalue weighted by Gasteiger charge is 2.16. The maximum absolute atomic E-state index is 5.33. The molecule has 10 rings (SSSR count). The van der Waals surface area contributed by atoms with Gasteiger partial charge in [0.25, 0.3) is 0 Å². The molecular weight excluding hydrogens is 705 g/mol. The third-order valence-electron chi connectivity index (χ3n) is 10.6. The predicted octanol–water partition coefficient (Wildman–Crippen LogP) is 13.8. The maximum Gasteiger partial charge on any atom is 0.160 e. The molecule has 0 aliphatic carbocycles. The van der Waals surface area contributed by atoms with Gasteiger partial charge >= 0.3 is 0 Å². The van der Waals surface area contributed by atoms with E-state index in [1.807, 2.05) is 36.5 Å². The lowest BCUT2D eigenvalue weighted by atomic mass is 9.94. The van der Waals surface area contributed by atoms with E-state index in [4.69, 9.17) is 15.0 Å². The molecule has 4 nitrogen and oxygen atoms in total. The third-order valence-corrected chi connectivity index (χ3v) is 10.6. The van der Waals surface area contributed by atoms with E-state index in [1.165, 1.54) is 0 Å². The summed E-state index contributed by atoms with van der Waals surface area (Å²) >= 11 is 0. The van der Waals surface area contributed by atoms with Crippen molar-refractivity contribution >= 4 is 10.9 Å². The second-order valence-corrected chi connectivity index (χ2v) is 14.3. The Balaban J connectivity index is 1.09. The zero-order valence-corrected chi connectivity index (χ0v) is 31.6. The first-order valence-corrected chi connectivity index (χ1v) is 19.4. The Hall–Kier alpha value is -7.82. The highest BCUT2D eigenvalue weighted by molar-refractivity contribution is 5.96. The van der Waals surface area contributed by atoms with Crippen LogP contribution in [0.3, 0.4) is 0 Å². The predicted molar refractivity (Wildman–Crippen MR) is 239 cm³/mol. The van der Waals surface area contributed by atoms with Crippen LogP contribution in [0.5, 0.6) is 0 Å². The van der Waals surface area contributed by atoms with E-state index in [9.17, 15) is 0 Å². The van der Waals surface area contributed by atoms with Crippen molar-refractivity contribution in [2.24, 2.45) is 0 Å². The van der Waals surface area contributed by atoms with Gasteiger partial charge in [-0.25, -0.2) is 15.0 Å². The highest BCUT2D eigenvalue weighted by Crippen LogP contribution is 2.37. The van der Waals surface area contributed by atoms with Crippen LogP contribution in [-0.2, 0) is 0 Å². The number of nitrogens with zero attached hydrogens (tertiary/aromatic N) is 4. The number of hydrogen-bond acceptors (Lipinski definition) is 4. The number of pyridine rings is 2. The van der Waals surface area contributed by atoms with E-state index in [0.29, 0.717) is 5.82 Å². The lowest BCUT2D eigenvalue weighted by molar-refractivity contribution is 1.23. The second kappa shape index (κ2) is 15.4. The van der Waals surface area contributed by atoms with Gasteiger partial charge in [-0.15, -0.1) is 0 Å². The van der Waals surface area contributed by atoms with Crippen molar-refractivity contribution in [3.05, 3.63) is 219 Å². The fourth-order valence-corrected chi connectivity index (χ4v) is 7.57. The zero-order valence-electron chi connectivity index (χ0n) is 31.6. The van der Waals surface area contributed by atoms with Crippen molar-refractivity contribution in [3.63, 3.8) is 0 Å². The zero-order chi connectivity index (χ0) is 38.7. The van der Waals surface area contributed by atoms with Gasteiger partial charge in [0.2, 0.25) is 0 Å². The fraction of sp³-hybridized carbons (Fsp3) is 0. The van der Waals surface area contributed by atoms with Crippen molar-refractivity contribution < 1.29 is 0 Å². The molecule has 272 valence electrons. The summed E-state index contributed by atoms with van der Waals surface area (Å²) in [4.78, 5) is 20.2. The van der Waals surface area contributed by atoms with Crippen molar-refractivity contribution in [3.8, 4) is 89.7 Å². The molecule has 0 saturated carbocycles. The minimum Gasteiger partial charge on any atom is -0.264 e. The van der Waals surface area contributed by atoms with E-state index in [-0.39, 0.29) is 0 Å². The molecule has 0 fully saturated rings. The molecule has 10 aromatic rings. The van der Waals surface area contributed by atoms with Crippen LogP contribution in [0, 0.1) is 0 Å². The van der Waals surface area contributed by atoms with E-state index < -0.39 is 0 Å². The SMILES string of the molecule is c1ccc(-c2cc(-c3ccccc3)nc(-c3ccc(-c4cc(-c5cccnc5)cc(-c5nc(-c6ccccc6)c6cc(-c7ccccc7)ccc6n5)c4)cc3)c2)cc1. The van der Waals surface area contributed by atoms with Crippen LogP contribution in [0.2, 0.25) is 0 Å². The van der Waals surface area contributed by atoms with Crippen LogP contribution >= 0.6 is 0 Å². The minimum atomic E-state index is 0.665. The quantitative estimate of drug-likeness (QED) is 0.156. The molecule has 0 spiro atoms. The van der Waals surface area contributed by atoms with E-state index >= 15 is 0 Å². The standard InChI is InChI=1S/C54H36N4/c1-5-14-37(15-6-1)43-27-28-50-49(33-43)53(42-20-11-4-12-21-42)58-54(57-50)48-31-45(30-46(32-48)44-22-13-29-55-36-44)39-23-25-41(26-24-39)52-35-47(38-16-7-2-8-17-38)34-51(56-52)40-18-9-3-10-19-40/h1-36H. The number of hydrogen-bond donors (Lipinski definition) is 0. The van der Waals surface area contributed by atoms with Gasteiger partial charge in [0, 0.05) is 45.6 Å². The summed E-state index contributed by atoms with van der Waals surface area (Å²) in [5, 5.41) is 1.01. The Bertz CT molecular complexity index is 2950. The van der Waals surface area contributed by atoms with E-state index in [2.05, 4.69) is 181 Å². The number of rotatable bonds is 8. The highest BCUT2D eigenvalue weighted by atomic mass is 14.9. The van der Waals surface area contributed by atoms with Gasteiger partial charge in [-0.2, -0.15) is 0 Å². The topological polar surface area (TPSA) is 51.6 Å². The molecule has 4 heteroatoms. The Labute approximate surface area is 337 Å². The van der Waals surface area contributed by atoms with Gasteiger partial charge in [0.15, 0.2) is 5.82 Å². The molecule has 0 aliphatic rings. The van der Waals surface area contributed by atoms with E-state index in [0.717, 1.165) is 94.7 Å². The molecule has 0 bridgehead atoms. The summed E-state index contributed by atoms with van der Waals surface area (Å²) in [7, 11) is 0. The lowest BCUT2D eigenvalue weighted by Gasteiger charge is -2.14. The van der Waals surface area contributed by atoms with Crippen LogP contribution < -0.4 is 0 Å². The Kier molecular flexibility index (Phi) is 9.18. The summed E-state index contributed by atoms with van der Waals surface area (Å²) < 4.78 is 0. The minimum absolute atomic E-state index is 0.665. The average Bonchev–Trinajstić information content (AvgIpc) is 3.32. The maximum atomic E-state index is 5.33. The Morgan fingerprint density at radius 2 is 0.741 bits per heavy atom. The molecule has 0 aliphatic heterocycles. The first kappa shape index (κ1) is 34.7. The Morgan fingerprint density at radius 1 is 0.276 bits per heavy atom. The van der Waals surface area contributed by atoms with Crippen molar-refractivity contribution in [1.29, 1.82) is 0 Å². The van der Waals surface area contributed by atoms with Crippen molar-refractivity contribution in [2.75, 3.05) is 0 Å². The van der Waals surface area contributed by atoms with Crippen LogP contribution in [-0.4, -0.2) is 19.9 Å². The van der Waals surface area contributed by atoms with E-state index in [1.54, 1.807) is 6.20 Å². The normalized spacial score (nSPS) is 11.1. The number of benzene rings is 7.